The summed E-state index contributed by atoms with van der Waals surface area (Å²) in [5.41, 5.74) is 6.41. The third kappa shape index (κ3) is 10.7. The minimum atomic E-state index is -1.39. The summed E-state index contributed by atoms with van der Waals surface area (Å²) < 4.78 is 26.4. The summed E-state index contributed by atoms with van der Waals surface area (Å²) >= 11 is 0. The van der Waals surface area contributed by atoms with Gasteiger partial charge in [-0.25, -0.2) is 9.59 Å². The largest absolute Gasteiger partial charge is 0.514 e. The van der Waals surface area contributed by atoms with E-state index in [2.05, 4.69) is 0 Å². The molecule has 5 unspecified atom stereocenters. The predicted molar refractivity (Wildman–Crippen MR) is 143 cm³/mol. The number of carbonyl (C=O) groups is 4. The van der Waals surface area contributed by atoms with E-state index in [1.807, 2.05) is 27.7 Å². The number of rotatable bonds is 14. The average molecular weight is 554 g/mol. The number of ether oxygens (including phenoxy) is 5. The Kier molecular flexibility index (Phi) is 13.8. The van der Waals surface area contributed by atoms with Crippen LogP contribution < -0.4 is 15.2 Å². The molecule has 0 heterocycles. The Morgan fingerprint density at radius 3 is 1.82 bits per heavy atom. The van der Waals surface area contributed by atoms with Gasteiger partial charge in [-0.2, -0.15) is 0 Å². The standard InChI is InChI=1S/C28H43NO10/c1-9-17(6)36-27(33)38-21-12-11-20(13-22(21)39-28(34)37-18(7)10-2)23(24(29)25(30)31)16(5)14-35-26(32)19(8)15(3)4/h11-13,15-19,23-24H,9-10,14,29H2,1-8H3,(H,30,31)/t16?,17?,18?,19?,23?,24-/m0/s1. The Bertz CT molecular complexity index is 979. The SMILES string of the molecule is CCC(C)OC(=O)Oc1ccc(C(C(C)COC(=O)C(C)C(C)C)[C@H](N)C(=O)O)cc1OC(=O)OC(C)CC. The number of nitrogens with two attached hydrogens (primary N) is 1. The van der Waals surface area contributed by atoms with Crippen molar-refractivity contribution >= 4 is 24.2 Å². The van der Waals surface area contributed by atoms with E-state index in [0.29, 0.717) is 18.4 Å². The van der Waals surface area contributed by atoms with Crippen LogP contribution in [0.4, 0.5) is 9.59 Å². The van der Waals surface area contributed by atoms with E-state index in [9.17, 15) is 24.3 Å². The zero-order valence-electron chi connectivity index (χ0n) is 24.1. The van der Waals surface area contributed by atoms with Gasteiger partial charge in [-0.05, 0) is 56.2 Å². The lowest BCUT2D eigenvalue weighted by Crippen LogP contribution is -2.41. The molecule has 0 saturated carbocycles. The number of carboxylic acid groups (broad SMARTS) is 1. The molecule has 0 aliphatic heterocycles. The average Bonchev–Trinajstić information content (AvgIpc) is 2.87. The first-order valence-electron chi connectivity index (χ1n) is 13.3. The number of aliphatic carboxylic acids is 1. The second-order valence-corrected chi connectivity index (χ2v) is 10.1. The van der Waals surface area contributed by atoms with Gasteiger partial charge in [-0.3, -0.25) is 9.59 Å². The predicted octanol–water partition coefficient (Wildman–Crippen LogP) is 5.28. The first kappa shape index (κ1) is 33.7. The quantitative estimate of drug-likeness (QED) is 0.175. The molecular formula is C28H43NO10. The van der Waals surface area contributed by atoms with Crippen LogP contribution in [-0.4, -0.2) is 54.2 Å². The van der Waals surface area contributed by atoms with Gasteiger partial charge in [0.15, 0.2) is 11.5 Å². The Morgan fingerprint density at radius 2 is 1.36 bits per heavy atom. The van der Waals surface area contributed by atoms with Gasteiger partial charge in [-0.1, -0.05) is 47.6 Å². The second kappa shape index (κ2) is 15.9. The second-order valence-electron chi connectivity index (χ2n) is 10.1. The highest BCUT2D eigenvalue weighted by molar-refractivity contribution is 5.75. The third-order valence-electron chi connectivity index (χ3n) is 6.63. The van der Waals surface area contributed by atoms with Crippen molar-refractivity contribution in [2.45, 2.75) is 92.4 Å². The summed E-state index contributed by atoms with van der Waals surface area (Å²) in [4.78, 5) is 48.9. The molecule has 0 radical (unpaired) electrons. The summed E-state index contributed by atoms with van der Waals surface area (Å²) in [7, 11) is 0. The van der Waals surface area contributed by atoms with Crippen LogP contribution in [0.5, 0.6) is 11.5 Å². The molecule has 0 saturated heterocycles. The zero-order chi connectivity index (χ0) is 29.9. The monoisotopic (exact) mass is 553 g/mol. The van der Waals surface area contributed by atoms with Crippen molar-refractivity contribution in [3.63, 3.8) is 0 Å². The molecule has 0 aromatic heterocycles. The molecule has 220 valence electrons. The molecule has 0 spiro atoms. The van der Waals surface area contributed by atoms with Crippen LogP contribution in [0.2, 0.25) is 0 Å². The van der Waals surface area contributed by atoms with Gasteiger partial charge in [0, 0.05) is 5.92 Å². The van der Waals surface area contributed by atoms with Crippen LogP contribution in [0.3, 0.4) is 0 Å². The zero-order valence-corrected chi connectivity index (χ0v) is 24.1. The third-order valence-corrected chi connectivity index (χ3v) is 6.63. The molecule has 6 atom stereocenters. The molecule has 0 fully saturated rings. The highest BCUT2D eigenvalue weighted by Gasteiger charge is 2.33. The van der Waals surface area contributed by atoms with Gasteiger partial charge in [0.25, 0.3) is 0 Å². The molecule has 3 N–H and O–H groups in total. The lowest BCUT2D eigenvalue weighted by molar-refractivity contribution is -0.151. The van der Waals surface area contributed by atoms with Gasteiger partial charge in [0.2, 0.25) is 0 Å². The highest BCUT2D eigenvalue weighted by atomic mass is 16.7. The first-order valence-corrected chi connectivity index (χ1v) is 13.3. The fraction of sp³-hybridized carbons (Fsp3) is 0.643. The summed E-state index contributed by atoms with van der Waals surface area (Å²) in [5, 5.41) is 9.70. The van der Waals surface area contributed by atoms with E-state index in [0.717, 1.165) is 0 Å². The summed E-state index contributed by atoms with van der Waals surface area (Å²) in [6, 6.07) is 2.82. The molecule has 0 aliphatic rings. The molecule has 1 aromatic rings. The van der Waals surface area contributed by atoms with Crippen LogP contribution >= 0.6 is 0 Å². The molecule has 0 bridgehead atoms. The van der Waals surface area contributed by atoms with Gasteiger partial charge in [-0.15, -0.1) is 0 Å². The van der Waals surface area contributed by atoms with Crippen molar-refractivity contribution in [1.29, 1.82) is 0 Å². The molecule has 0 amide bonds. The van der Waals surface area contributed by atoms with Crippen LogP contribution in [0.1, 0.15) is 79.7 Å². The van der Waals surface area contributed by atoms with Gasteiger partial charge >= 0.3 is 24.2 Å². The maximum atomic E-state index is 12.4. The normalized spacial score (nSPS) is 15.7. The van der Waals surface area contributed by atoms with E-state index in [4.69, 9.17) is 29.4 Å². The summed E-state index contributed by atoms with van der Waals surface area (Å²) in [6.45, 7) is 14.2. The number of hydrogen-bond donors (Lipinski definition) is 2. The fourth-order valence-corrected chi connectivity index (χ4v) is 3.38. The van der Waals surface area contributed by atoms with Crippen molar-refractivity contribution in [2.75, 3.05) is 6.61 Å². The fourth-order valence-electron chi connectivity index (χ4n) is 3.38. The van der Waals surface area contributed by atoms with Crippen molar-refractivity contribution in [3.8, 4) is 11.5 Å². The van der Waals surface area contributed by atoms with Crippen LogP contribution in [0.25, 0.3) is 0 Å². The van der Waals surface area contributed by atoms with Crippen LogP contribution in [0.15, 0.2) is 18.2 Å². The number of hydrogen-bond acceptors (Lipinski definition) is 10. The van der Waals surface area contributed by atoms with Crippen molar-refractivity contribution in [1.82, 2.24) is 0 Å². The summed E-state index contributed by atoms with van der Waals surface area (Å²) in [5.74, 6) is -3.68. The Hall–Kier alpha value is -3.34. The van der Waals surface area contributed by atoms with E-state index in [1.54, 1.807) is 27.7 Å². The maximum absolute atomic E-state index is 12.4. The smallest absolute Gasteiger partial charge is 0.480 e. The molecule has 11 heteroatoms. The van der Waals surface area contributed by atoms with E-state index in [1.165, 1.54) is 18.2 Å². The Labute approximate surface area is 230 Å². The molecule has 1 rings (SSSR count). The molecule has 0 aliphatic carbocycles. The number of benzene rings is 1. The van der Waals surface area contributed by atoms with Crippen molar-refractivity contribution in [2.24, 2.45) is 23.5 Å². The molecule has 11 nitrogen and oxygen atoms in total. The topological polar surface area (TPSA) is 161 Å². The van der Waals surface area contributed by atoms with E-state index >= 15 is 0 Å². The van der Waals surface area contributed by atoms with Crippen LogP contribution in [-0.2, 0) is 23.8 Å². The molecular weight excluding hydrogens is 510 g/mol. The minimum Gasteiger partial charge on any atom is -0.480 e. The Balaban J connectivity index is 3.38. The molecule has 1 aromatic carbocycles. The lowest BCUT2D eigenvalue weighted by Gasteiger charge is -2.28. The number of esters is 1. The van der Waals surface area contributed by atoms with Crippen molar-refractivity contribution < 1.29 is 48.0 Å². The van der Waals surface area contributed by atoms with E-state index < -0.39 is 54.3 Å². The summed E-state index contributed by atoms with van der Waals surface area (Å²) in [6.07, 6.45) is -1.78. The van der Waals surface area contributed by atoms with Gasteiger partial charge in [0.1, 0.15) is 18.2 Å². The molecule has 39 heavy (non-hydrogen) atoms. The van der Waals surface area contributed by atoms with Crippen molar-refractivity contribution in [3.05, 3.63) is 23.8 Å². The van der Waals surface area contributed by atoms with E-state index in [-0.39, 0.29) is 29.9 Å². The Morgan fingerprint density at radius 1 is 0.846 bits per heavy atom. The minimum absolute atomic E-state index is 0.0688. The highest BCUT2D eigenvalue weighted by Crippen LogP contribution is 2.36. The van der Waals surface area contributed by atoms with Gasteiger partial charge in [0.05, 0.1) is 12.5 Å². The van der Waals surface area contributed by atoms with Crippen LogP contribution in [0, 0.1) is 17.8 Å². The number of carbonyl (C=O) groups excluding carboxylic acids is 3. The lowest BCUT2D eigenvalue weighted by atomic mass is 9.82. The van der Waals surface area contributed by atoms with Gasteiger partial charge < -0.3 is 34.5 Å². The maximum Gasteiger partial charge on any atom is 0.514 e. The first-order chi connectivity index (χ1) is 18.2. The number of carboxylic acids is 1.